The van der Waals surface area contributed by atoms with Crippen LogP contribution >= 0.6 is 0 Å². The van der Waals surface area contributed by atoms with E-state index in [2.05, 4.69) is 15.2 Å². The van der Waals surface area contributed by atoms with Crippen LogP contribution in [0, 0.1) is 6.92 Å². The molecule has 0 amide bonds. The zero-order valence-electron chi connectivity index (χ0n) is 7.75. The van der Waals surface area contributed by atoms with Crippen molar-refractivity contribution >= 4 is 0 Å². The van der Waals surface area contributed by atoms with Gasteiger partial charge in [-0.15, -0.1) is 10.2 Å². The van der Waals surface area contributed by atoms with E-state index >= 15 is 0 Å². The van der Waals surface area contributed by atoms with Crippen LogP contribution in [0.3, 0.4) is 0 Å². The van der Waals surface area contributed by atoms with Crippen molar-refractivity contribution in [3.63, 3.8) is 0 Å². The Bertz CT molecular complexity index is 438. The Labute approximate surface area is 81.1 Å². The molecule has 5 heteroatoms. The van der Waals surface area contributed by atoms with E-state index in [1.807, 2.05) is 19.1 Å². The molecule has 0 bridgehead atoms. The fourth-order valence-electron chi connectivity index (χ4n) is 1.30. The maximum Gasteiger partial charge on any atom is 0.163 e. The standard InChI is InChI=1S/C9H10N4O/c1-7-8(3-2-4-10-7)13-6-11-12-9(13)5-14/h2-4,6,14H,5H2,1H3. The summed E-state index contributed by atoms with van der Waals surface area (Å²) in [5, 5.41) is 16.5. The molecule has 0 saturated carbocycles. The molecule has 72 valence electrons. The van der Waals surface area contributed by atoms with Gasteiger partial charge in [-0.1, -0.05) is 0 Å². The van der Waals surface area contributed by atoms with Crippen LogP contribution in [-0.4, -0.2) is 24.9 Å². The number of hydrogen-bond acceptors (Lipinski definition) is 4. The quantitative estimate of drug-likeness (QED) is 0.747. The Balaban J connectivity index is 2.54. The van der Waals surface area contributed by atoms with Gasteiger partial charge in [0.2, 0.25) is 0 Å². The summed E-state index contributed by atoms with van der Waals surface area (Å²) < 4.78 is 1.72. The maximum absolute atomic E-state index is 9.02. The molecular weight excluding hydrogens is 180 g/mol. The average molecular weight is 190 g/mol. The third-order valence-electron chi connectivity index (χ3n) is 2.00. The van der Waals surface area contributed by atoms with Gasteiger partial charge >= 0.3 is 0 Å². The summed E-state index contributed by atoms with van der Waals surface area (Å²) in [7, 11) is 0. The molecule has 0 fully saturated rings. The van der Waals surface area contributed by atoms with Gasteiger partial charge in [0, 0.05) is 6.20 Å². The highest BCUT2D eigenvalue weighted by molar-refractivity contribution is 5.35. The Morgan fingerprint density at radius 2 is 2.36 bits per heavy atom. The van der Waals surface area contributed by atoms with Gasteiger partial charge in [-0.3, -0.25) is 9.55 Å². The lowest BCUT2D eigenvalue weighted by Crippen LogP contribution is -2.02. The number of aromatic nitrogens is 4. The van der Waals surface area contributed by atoms with E-state index in [1.165, 1.54) is 0 Å². The largest absolute Gasteiger partial charge is 0.388 e. The lowest BCUT2D eigenvalue weighted by Gasteiger charge is -2.06. The molecule has 0 radical (unpaired) electrons. The SMILES string of the molecule is Cc1ncccc1-n1cnnc1CO. The number of nitrogens with zero attached hydrogens (tertiary/aromatic N) is 4. The van der Waals surface area contributed by atoms with Crippen LogP contribution in [0.4, 0.5) is 0 Å². The molecule has 0 aliphatic heterocycles. The van der Waals surface area contributed by atoms with Crippen molar-refractivity contribution in [2.24, 2.45) is 0 Å². The molecule has 0 aliphatic rings. The molecular formula is C9H10N4O. The molecule has 2 aromatic rings. The van der Waals surface area contributed by atoms with Gasteiger partial charge in [-0.05, 0) is 19.1 Å². The van der Waals surface area contributed by atoms with Crippen LogP contribution in [0.1, 0.15) is 11.5 Å². The van der Waals surface area contributed by atoms with Crippen molar-refractivity contribution in [3.8, 4) is 5.69 Å². The fourth-order valence-corrected chi connectivity index (χ4v) is 1.30. The van der Waals surface area contributed by atoms with Crippen molar-refractivity contribution in [3.05, 3.63) is 36.2 Å². The number of pyridine rings is 1. The molecule has 2 rings (SSSR count). The zero-order valence-corrected chi connectivity index (χ0v) is 7.75. The molecule has 0 aromatic carbocycles. The molecule has 14 heavy (non-hydrogen) atoms. The van der Waals surface area contributed by atoms with Crippen molar-refractivity contribution < 1.29 is 5.11 Å². The molecule has 2 heterocycles. The molecule has 1 N–H and O–H groups in total. The average Bonchev–Trinajstić information content (AvgIpc) is 2.66. The summed E-state index contributed by atoms with van der Waals surface area (Å²) in [6.45, 7) is 1.77. The van der Waals surface area contributed by atoms with Crippen LogP contribution in [-0.2, 0) is 6.61 Å². The highest BCUT2D eigenvalue weighted by Crippen LogP contribution is 2.11. The summed E-state index contributed by atoms with van der Waals surface area (Å²) in [6.07, 6.45) is 3.29. The van der Waals surface area contributed by atoms with E-state index < -0.39 is 0 Å². The second kappa shape index (κ2) is 3.55. The molecule has 0 aliphatic carbocycles. The Morgan fingerprint density at radius 1 is 1.50 bits per heavy atom. The van der Waals surface area contributed by atoms with E-state index in [0.717, 1.165) is 11.4 Å². The lowest BCUT2D eigenvalue weighted by molar-refractivity contribution is 0.269. The van der Waals surface area contributed by atoms with Gasteiger partial charge in [-0.2, -0.15) is 0 Å². The molecule has 2 aromatic heterocycles. The van der Waals surface area contributed by atoms with Crippen molar-refractivity contribution in [2.75, 3.05) is 0 Å². The monoisotopic (exact) mass is 190 g/mol. The first-order chi connectivity index (χ1) is 6.83. The van der Waals surface area contributed by atoms with Crippen molar-refractivity contribution in [2.45, 2.75) is 13.5 Å². The van der Waals surface area contributed by atoms with E-state index in [4.69, 9.17) is 5.11 Å². The van der Waals surface area contributed by atoms with E-state index in [9.17, 15) is 0 Å². The first kappa shape index (κ1) is 8.83. The predicted molar refractivity (Wildman–Crippen MR) is 49.8 cm³/mol. The van der Waals surface area contributed by atoms with Gasteiger partial charge in [0.05, 0.1) is 11.4 Å². The number of aryl methyl sites for hydroxylation is 1. The molecule has 0 unspecified atom stereocenters. The van der Waals surface area contributed by atoms with Crippen molar-refractivity contribution in [1.29, 1.82) is 0 Å². The van der Waals surface area contributed by atoms with Crippen LogP contribution in [0.15, 0.2) is 24.7 Å². The van der Waals surface area contributed by atoms with Crippen LogP contribution < -0.4 is 0 Å². The normalized spacial score (nSPS) is 10.4. The Hall–Kier alpha value is -1.75. The summed E-state index contributed by atoms with van der Waals surface area (Å²) in [6, 6.07) is 3.74. The second-order valence-corrected chi connectivity index (χ2v) is 2.88. The van der Waals surface area contributed by atoms with Gasteiger partial charge < -0.3 is 5.11 Å². The van der Waals surface area contributed by atoms with Gasteiger partial charge in [-0.25, -0.2) is 0 Å². The highest BCUT2D eigenvalue weighted by atomic mass is 16.3. The molecule has 0 atom stereocenters. The van der Waals surface area contributed by atoms with E-state index in [1.54, 1.807) is 17.1 Å². The highest BCUT2D eigenvalue weighted by Gasteiger charge is 2.06. The van der Waals surface area contributed by atoms with Crippen LogP contribution in [0.5, 0.6) is 0 Å². The van der Waals surface area contributed by atoms with Gasteiger partial charge in [0.1, 0.15) is 12.9 Å². The fraction of sp³-hybridized carbons (Fsp3) is 0.222. The zero-order chi connectivity index (χ0) is 9.97. The number of aliphatic hydroxyl groups is 1. The first-order valence-corrected chi connectivity index (χ1v) is 4.24. The van der Waals surface area contributed by atoms with Crippen LogP contribution in [0.2, 0.25) is 0 Å². The number of rotatable bonds is 2. The van der Waals surface area contributed by atoms with Gasteiger partial charge in [0.15, 0.2) is 5.82 Å². The summed E-state index contributed by atoms with van der Waals surface area (Å²) >= 11 is 0. The van der Waals surface area contributed by atoms with Crippen molar-refractivity contribution in [1.82, 2.24) is 19.7 Å². The third-order valence-corrected chi connectivity index (χ3v) is 2.00. The second-order valence-electron chi connectivity index (χ2n) is 2.88. The minimum Gasteiger partial charge on any atom is -0.388 e. The first-order valence-electron chi connectivity index (χ1n) is 4.24. The Morgan fingerprint density at radius 3 is 3.07 bits per heavy atom. The summed E-state index contributed by atoms with van der Waals surface area (Å²) in [4.78, 5) is 4.15. The lowest BCUT2D eigenvalue weighted by atomic mass is 10.3. The minimum absolute atomic E-state index is 0.131. The number of aliphatic hydroxyl groups excluding tert-OH is 1. The van der Waals surface area contributed by atoms with E-state index in [-0.39, 0.29) is 6.61 Å². The minimum atomic E-state index is -0.131. The number of hydrogen-bond donors (Lipinski definition) is 1. The molecule has 0 spiro atoms. The smallest absolute Gasteiger partial charge is 0.163 e. The maximum atomic E-state index is 9.02. The molecule has 0 saturated heterocycles. The Kier molecular flexibility index (Phi) is 2.24. The summed E-state index contributed by atoms with van der Waals surface area (Å²) in [5.41, 5.74) is 1.77. The molecule has 5 nitrogen and oxygen atoms in total. The predicted octanol–water partition coefficient (Wildman–Crippen LogP) is 0.463. The van der Waals surface area contributed by atoms with Gasteiger partial charge in [0.25, 0.3) is 0 Å². The summed E-state index contributed by atoms with van der Waals surface area (Å²) in [5.74, 6) is 0.515. The van der Waals surface area contributed by atoms with E-state index in [0.29, 0.717) is 5.82 Å². The third kappa shape index (κ3) is 1.38. The van der Waals surface area contributed by atoms with Crippen LogP contribution in [0.25, 0.3) is 5.69 Å². The topological polar surface area (TPSA) is 63.8 Å².